The Labute approximate surface area is 137 Å². The largest absolute Gasteiger partial charge is 0.416 e. The molecule has 6 heteroatoms. The lowest BCUT2D eigenvalue weighted by Crippen LogP contribution is -2.13. The first-order valence-corrected chi connectivity index (χ1v) is 7.58. The van der Waals surface area contributed by atoms with Crippen LogP contribution in [0.4, 0.5) is 13.2 Å². The first kappa shape index (κ1) is 16.5. The molecule has 1 heterocycles. The normalized spacial score (nSPS) is 13.4. The molecule has 0 radical (unpaired) electrons. The van der Waals surface area contributed by atoms with Gasteiger partial charge >= 0.3 is 6.18 Å². The van der Waals surface area contributed by atoms with E-state index in [4.69, 9.17) is 0 Å². The van der Waals surface area contributed by atoms with E-state index in [9.17, 15) is 18.3 Å². The molecule has 0 amide bonds. The van der Waals surface area contributed by atoms with Crippen molar-refractivity contribution in [2.45, 2.75) is 32.7 Å². The highest BCUT2D eigenvalue weighted by Crippen LogP contribution is 2.33. The van der Waals surface area contributed by atoms with Gasteiger partial charge in [0.2, 0.25) is 0 Å². The molecule has 3 rings (SSSR count). The fourth-order valence-electron chi connectivity index (χ4n) is 2.68. The lowest BCUT2D eigenvalue weighted by molar-refractivity contribution is -0.137. The van der Waals surface area contributed by atoms with Crippen molar-refractivity contribution in [3.8, 4) is 11.4 Å². The number of fused-ring (bicyclic) bond motifs is 1. The van der Waals surface area contributed by atoms with E-state index in [1.54, 1.807) is 11.5 Å². The summed E-state index contributed by atoms with van der Waals surface area (Å²) in [5, 5.41) is 9.75. The molecule has 3 nitrogen and oxygen atoms in total. The summed E-state index contributed by atoms with van der Waals surface area (Å²) >= 11 is 0. The van der Waals surface area contributed by atoms with Crippen molar-refractivity contribution in [2.75, 3.05) is 0 Å². The van der Waals surface area contributed by atoms with Gasteiger partial charge in [-0.05, 0) is 32.0 Å². The van der Waals surface area contributed by atoms with Crippen LogP contribution in [0.15, 0.2) is 42.5 Å². The zero-order valence-corrected chi connectivity index (χ0v) is 13.3. The fourth-order valence-corrected chi connectivity index (χ4v) is 2.68. The molecular formula is C18H17F3N2O. The maximum absolute atomic E-state index is 12.9. The van der Waals surface area contributed by atoms with Crippen molar-refractivity contribution in [1.29, 1.82) is 0 Å². The van der Waals surface area contributed by atoms with Gasteiger partial charge in [-0.3, -0.25) is 0 Å². The number of alkyl halides is 3. The Hall–Kier alpha value is -2.34. The van der Waals surface area contributed by atoms with Crippen LogP contribution in [-0.4, -0.2) is 20.8 Å². The monoisotopic (exact) mass is 334 g/mol. The summed E-state index contributed by atoms with van der Waals surface area (Å²) in [7, 11) is 0. The van der Waals surface area contributed by atoms with Gasteiger partial charge in [-0.1, -0.05) is 29.8 Å². The summed E-state index contributed by atoms with van der Waals surface area (Å²) in [6.07, 6.45) is -5.05. The van der Waals surface area contributed by atoms with E-state index in [1.807, 2.05) is 31.2 Å². The second kappa shape index (κ2) is 5.94. The van der Waals surface area contributed by atoms with E-state index in [2.05, 4.69) is 4.98 Å². The Balaban J connectivity index is 2.21. The first-order valence-electron chi connectivity index (χ1n) is 7.58. The van der Waals surface area contributed by atoms with Crippen molar-refractivity contribution < 1.29 is 18.3 Å². The minimum absolute atomic E-state index is 0.255. The maximum Gasteiger partial charge on any atom is 0.416 e. The lowest BCUT2D eigenvalue weighted by Gasteiger charge is -2.12. The third-order valence-corrected chi connectivity index (χ3v) is 3.83. The molecule has 0 saturated carbocycles. The quantitative estimate of drug-likeness (QED) is 0.770. The molecule has 0 spiro atoms. The highest BCUT2D eigenvalue weighted by Gasteiger charge is 2.31. The summed E-state index contributed by atoms with van der Waals surface area (Å²) in [5.74, 6) is 0.547. The number of imidazole rings is 1. The van der Waals surface area contributed by atoms with Gasteiger partial charge in [0.05, 0.1) is 29.2 Å². The summed E-state index contributed by atoms with van der Waals surface area (Å²) < 4.78 is 40.5. The molecule has 0 saturated heterocycles. The predicted octanol–water partition coefficient (Wildman–Crippen LogP) is 4.41. The molecule has 1 atom stereocenters. The van der Waals surface area contributed by atoms with Gasteiger partial charge in [0.25, 0.3) is 0 Å². The molecule has 2 aromatic carbocycles. The zero-order valence-electron chi connectivity index (χ0n) is 13.3. The summed E-state index contributed by atoms with van der Waals surface area (Å²) in [4.78, 5) is 4.39. The number of hydrogen-bond acceptors (Lipinski definition) is 2. The van der Waals surface area contributed by atoms with E-state index in [-0.39, 0.29) is 12.1 Å². The molecule has 24 heavy (non-hydrogen) atoms. The Bertz CT molecular complexity index is 864. The third-order valence-electron chi connectivity index (χ3n) is 3.83. The molecule has 3 aromatic rings. The molecular weight excluding hydrogens is 317 g/mol. The summed E-state index contributed by atoms with van der Waals surface area (Å²) in [6, 6.07) is 11.1. The molecule has 0 aliphatic rings. The molecule has 0 aliphatic heterocycles. The van der Waals surface area contributed by atoms with E-state index < -0.39 is 17.8 Å². The van der Waals surface area contributed by atoms with Crippen LogP contribution in [0.1, 0.15) is 18.1 Å². The van der Waals surface area contributed by atoms with Crippen molar-refractivity contribution in [3.63, 3.8) is 0 Å². The number of benzene rings is 2. The molecule has 0 bridgehead atoms. The van der Waals surface area contributed by atoms with Crippen molar-refractivity contribution in [1.82, 2.24) is 9.55 Å². The summed E-state index contributed by atoms with van der Waals surface area (Å²) in [6.45, 7) is 3.85. The summed E-state index contributed by atoms with van der Waals surface area (Å²) in [5.41, 5.74) is 1.98. The average Bonchev–Trinajstić information content (AvgIpc) is 2.84. The number of aliphatic hydroxyl groups is 1. The smallest absolute Gasteiger partial charge is 0.392 e. The standard InChI is InChI=1S/C18H17F3N2O/c1-11-3-5-13(6-4-11)17-22-15-9-14(18(19,20)21)7-8-16(15)23(17)10-12(2)24/h3-9,12,24H,10H2,1-2H3. The van der Waals surface area contributed by atoms with Gasteiger partial charge in [0.1, 0.15) is 5.82 Å². The van der Waals surface area contributed by atoms with E-state index in [0.717, 1.165) is 23.3 Å². The first-order chi connectivity index (χ1) is 11.3. The highest BCUT2D eigenvalue weighted by atomic mass is 19.4. The molecule has 1 aromatic heterocycles. The Morgan fingerprint density at radius 2 is 1.79 bits per heavy atom. The van der Waals surface area contributed by atoms with Crippen LogP contribution in [0.2, 0.25) is 0 Å². The van der Waals surface area contributed by atoms with Gasteiger partial charge in [-0.25, -0.2) is 4.98 Å². The Morgan fingerprint density at radius 3 is 2.38 bits per heavy atom. The minimum Gasteiger partial charge on any atom is -0.392 e. The molecule has 0 fully saturated rings. The molecule has 1 N–H and O–H groups in total. The topological polar surface area (TPSA) is 38.0 Å². The lowest BCUT2D eigenvalue weighted by atomic mass is 10.1. The van der Waals surface area contributed by atoms with Gasteiger partial charge in [-0.2, -0.15) is 13.2 Å². The van der Waals surface area contributed by atoms with Gasteiger partial charge in [0, 0.05) is 5.56 Å². The SMILES string of the molecule is Cc1ccc(-c2nc3cc(C(F)(F)F)ccc3n2CC(C)O)cc1. The number of hydrogen-bond donors (Lipinski definition) is 1. The van der Waals surface area contributed by atoms with E-state index in [1.165, 1.54) is 6.07 Å². The number of aryl methyl sites for hydroxylation is 1. The van der Waals surface area contributed by atoms with Crippen LogP contribution in [0, 0.1) is 6.92 Å². The number of aliphatic hydroxyl groups excluding tert-OH is 1. The molecule has 126 valence electrons. The van der Waals surface area contributed by atoms with Gasteiger partial charge < -0.3 is 9.67 Å². The second-order valence-electron chi connectivity index (χ2n) is 5.96. The maximum atomic E-state index is 12.9. The number of aromatic nitrogens is 2. The highest BCUT2D eigenvalue weighted by molar-refractivity contribution is 5.81. The number of halogens is 3. The van der Waals surface area contributed by atoms with E-state index >= 15 is 0 Å². The van der Waals surface area contributed by atoms with Gasteiger partial charge in [0.15, 0.2) is 0 Å². The van der Waals surface area contributed by atoms with Crippen LogP contribution in [0.5, 0.6) is 0 Å². The third kappa shape index (κ3) is 3.14. The number of rotatable bonds is 3. The molecule has 0 aliphatic carbocycles. The fraction of sp³-hybridized carbons (Fsp3) is 0.278. The minimum atomic E-state index is -4.41. The van der Waals surface area contributed by atoms with Crippen LogP contribution in [0.3, 0.4) is 0 Å². The predicted molar refractivity (Wildman–Crippen MR) is 86.6 cm³/mol. The Kier molecular flexibility index (Phi) is 4.09. The van der Waals surface area contributed by atoms with Gasteiger partial charge in [-0.15, -0.1) is 0 Å². The van der Waals surface area contributed by atoms with Crippen molar-refractivity contribution in [2.24, 2.45) is 0 Å². The Morgan fingerprint density at radius 1 is 1.12 bits per heavy atom. The number of nitrogens with zero attached hydrogens (tertiary/aromatic N) is 2. The van der Waals surface area contributed by atoms with Crippen LogP contribution in [0.25, 0.3) is 22.4 Å². The van der Waals surface area contributed by atoms with Crippen LogP contribution < -0.4 is 0 Å². The zero-order chi connectivity index (χ0) is 17.5. The molecule has 1 unspecified atom stereocenters. The van der Waals surface area contributed by atoms with Crippen LogP contribution >= 0.6 is 0 Å². The van der Waals surface area contributed by atoms with Crippen molar-refractivity contribution >= 4 is 11.0 Å². The average molecular weight is 334 g/mol. The van der Waals surface area contributed by atoms with Crippen LogP contribution in [-0.2, 0) is 12.7 Å². The van der Waals surface area contributed by atoms with E-state index in [0.29, 0.717) is 11.3 Å². The van der Waals surface area contributed by atoms with Crippen molar-refractivity contribution in [3.05, 3.63) is 53.6 Å². The second-order valence-corrected chi connectivity index (χ2v) is 5.96.